The number of anilines is 2. The van der Waals surface area contributed by atoms with Gasteiger partial charge in [-0.2, -0.15) is 5.26 Å². The van der Waals surface area contributed by atoms with Crippen molar-refractivity contribution in [3.05, 3.63) is 53.6 Å². The zero-order valence-corrected chi connectivity index (χ0v) is 26.9. The van der Waals surface area contributed by atoms with E-state index >= 15 is 0 Å². The summed E-state index contributed by atoms with van der Waals surface area (Å²) in [5.74, 6) is -2.70. The fourth-order valence-electron chi connectivity index (χ4n) is 4.25. The third kappa shape index (κ3) is 10.4. The van der Waals surface area contributed by atoms with Crippen LogP contribution < -0.4 is 15.0 Å². The first-order valence-corrected chi connectivity index (χ1v) is 14.5. The Morgan fingerprint density at radius 1 is 1.06 bits per heavy atom. The SMILES string of the molecule is CC(C)(C)OC(=O)N(Cc1cc(NC(=O)[C@H](O)[C@H]2OCCN(c3cccc(OCC(=O)O)c3)C2=O)ccc1C#N)C(=O)OC(C)(C)C. The Bertz CT molecular complexity index is 1530. The molecule has 2 atom stereocenters. The molecule has 0 radical (unpaired) electrons. The monoisotopic (exact) mass is 654 g/mol. The van der Waals surface area contributed by atoms with E-state index in [0.717, 1.165) is 0 Å². The second kappa shape index (κ2) is 14.9. The molecular formula is C32H38N4O11. The number of hydrogen-bond donors (Lipinski definition) is 3. The molecule has 1 heterocycles. The molecular weight excluding hydrogens is 616 g/mol. The lowest BCUT2D eigenvalue weighted by Crippen LogP contribution is -2.55. The lowest BCUT2D eigenvalue weighted by molar-refractivity contribution is -0.150. The van der Waals surface area contributed by atoms with Crippen molar-refractivity contribution in [3.63, 3.8) is 0 Å². The molecule has 1 fully saturated rings. The minimum absolute atomic E-state index is 0.0207. The number of nitrogens with one attached hydrogen (secondary N) is 1. The molecule has 3 N–H and O–H groups in total. The smallest absolute Gasteiger partial charge is 0.420 e. The van der Waals surface area contributed by atoms with Gasteiger partial charge in [0.15, 0.2) is 18.8 Å². The van der Waals surface area contributed by atoms with Crippen molar-refractivity contribution in [2.45, 2.75) is 71.5 Å². The molecule has 0 saturated carbocycles. The fraction of sp³-hybridized carbons (Fsp3) is 0.438. The number of carboxylic acid groups (broad SMARTS) is 1. The Kier molecular flexibility index (Phi) is 11.5. The highest BCUT2D eigenvalue weighted by molar-refractivity contribution is 6.04. The normalized spacial score (nSPS) is 15.6. The standard InChI is InChI=1S/C32H38N4O11/c1-31(2,3)46-29(42)36(30(43)47-32(4,5)6)17-20-14-21(11-10-19(20)16-33)34-27(40)25(39)26-28(41)35(12-13-44-26)22-8-7-9-23(15-22)45-18-24(37)38/h7-11,14-15,25-26,39H,12-13,17-18H2,1-6H3,(H,34,40)(H,37,38)/t25-,26-/m1/s1. The van der Waals surface area contributed by atoms with Crippen molar-refractivity contribution in [2.24, 2.45) is 0 Å². The topological polar surface area (TPSA) is 205 Å². The van der Waals surface area contributed by atoms with Crippen LogP contribution in [0.2, 0.25) is 0 Å². The van der Waals surface area contributed by atoms with Gasteiger partial charge in [-0.25, -0.2) is 19.3 Å². The van der Waals surface area contributed by atoms with Crippen molar-refractivity contribution < 1.29 is 53.1 Å². The summed E-state index contributed by atoms with van der Waals surface area (Å²) >= 11 is 0. The van der Waals surface area contributed by atoms with Crippen LogP contribution in [0.3, 0.4) is 0 Å². The summed E-state index contributed by atoms with van der Waals surface area (Å²) in [4.78, 5) is 65.2. The van der Waals surface area contributed by atoms with Gasteiger partial charge in [0.25, 0.3) is 11.8 Å². The van der Waals surface area contributed by atoms with Crippen LogP contribution in [0.15, 0.2) is 42.5 Å². The van der Waals surface area contributed by atoms with Crippen molar-refractivity contribution in [3.8, 4) is 11.8 Å². The van der Waals surface area contributed by atoms with E-state index in [9.17, 15) is 34.3 Å². The largest absolute Gasteiger partial charge is 0.482 e. The zero-order valence-electron chi connectivity index (χ0n) is 26.9. The Balaban J connectivity index is 1.80. The number of aliphatic hydroxyl groups excluding tert-OH is 1. The Labute approximate surface area is 271 Å². The van der Waals surface area contributed by atoms with Gasteiger partial charge in [-0.1, -0.05) is 6.07 Å². The molecule has 0 bridgehead atoms. The molecule has 15 heteroatoms. The molecule has 1 aliphatic heterocycles. The van der Waals surface area contributed by atoms with Gasteiger partial charge < -0.3 is 39.4 Å². The van der Waals surface area contributed by atoms with E-state index in [1.54, 1.807) is 53.7 Å². The van der Waals surface area contributed by atoms with Gasteiger partial charge in [-0.05, 0) is 77.4 Å². The summed E-state index contributed by atoms with van der Waals surface area (Å²) in [6, 6.07) is 12.1. The second-order valence-corrected chi connectivity index (χ2v) is 12.4. The number of aliphatic hydroxyl groups is 1. The molecule has 1 saturated heterocycles. The number of rotatable bonds is 9. The summed E-state index contributed by atoms with van der Waals surface area (Å²) < 4.78 is 21.4. The average Bonchev–Trinajstić information content (AvgIpc) is 2.97. The van der Waals surface area contributed by atoms with Gasteiger partial charge in [0.2, 0.25) is 0 Å². The van der Waals surface area contributed by atoms with Crippen LogP contribution in [0.5, 0.6) is 5.75 Å². The van der Waals surface area contributed by atoms with Crippen LogP contribution >= 0.6 is 0 Å². The van der Waals surface area contributed by atoms with Crippen molar-refractivity contribution in [1.82, 2.24) is 4.90 Å². The Morgan fingerprint density at radius 3 is 2.28 bits per heavy atom. The number of ether oxygens (including phenoxy) is 4. The predicted molar refractivity (Wildman–Crippen MR) is 165 cm³/mol. The van der Waals surface area contributed by atoms with Crippen LogP contribution in [0.25, 0.3) is 0 Å². The summed E-state index contributed by atoms with van der Waals surface area (Å²) in [6.07, 6.45) is -5.58. The summed E-state index contributed by atoms with van der Waals surface area (Å²) in [7, 11) is 0. The van der Waals surface area contributed by atoms with Gasteiger partial charge in [0.05, 0.1) is 24.8 Å². The van der Waals surface area contributed by atoms with Crippen LogP contribution in [-0.4, -0.2) is 88.3 Å². The maximum Gasteiger partial charge on any atom is 0.420 e. The average molecular weight is 655 g/mol. The Morgan fingerprint density at radius 2 is 1.70 bits per heavy atom. The van der Waals surface area contributed by atoms with Crippen LogP contribution in [0.1, 0.15) is 52.7 Å². The lowest BCUT2D eigenvalue weighted by Gasteiger charge is -2.34. The minimum Gasteiger partial charge on any atom is -0.482 e. The highest BCUT2D eigenvalue weighted by Gasteiger charge is 2.40. The first-order valence-electron chi connectivity index (χ1n) is 14.5. The van der Waals surface area contributed by atoms with Crippen LogP contribution in [0.4, 0.5) is 21.0 Å². The van der Waals surface area contributed by atoms with Crippen molar-refractivity contribution >= 4 is 41.3 Å². The van der Waals surface area contributed by atoms with E-state index in [0.29, 0.717) is 10.6 Å². The molecule has 1 aliphatic rings. The number of benzene rings is 2. The number of carbonyl (C=O) groups is 5. The molecule has 0 unspecified atom stereocenters. The number of nitrogens with zero attached hydrogens (tertiary/aromatic N) is 3. The highest BCUT2D eigenvalue weighted by Crippen LogP contribution is 2.26. The second-order valence-electron chi connectivity index (χ2n) is 12.4. The molecule has 15 nitrogen and oxygen atoms in total. The van der Waals surface area contributed by atoms with Gasteiger partial charge in [0, 0.05) is 24.0 Å². The maximum absolute atomic E-state index is 13.3. The summed E-state index contributed by atoms with van der Waals surface area (Å²) in [5, 5.41) is 31.9. The van der Waals surface area contributed by atoms with Crippen molar-refractivity contribution in [2.75, 3.05) is 30.0 Å². The minimum atomic E-state index is -1.96. The van der Waals surface area contributed by atoms with Crippen LogP contribution in [0, 0.1) is 11.3 Å². The van der Waals surface area contributed by atoms with E-state index in [2.05, 4.69) is 5.32 Å². The summed E-state index contributed by atoms with van der Waals surface area (Å²) in [5.41, 5.74) is -1.25. The fourth-order valence-corrected chi connectivity index (χ4v) is 4.25. The highest BCUT2D eigenvalue weighted by atomic mass is 16.6. The number of hydrogen-bond acceptors (Lipinski definition) is 11. The van der Waals surface area contributed by atoms with E-state index in [1.807, 2.05) is 6.07 Å². The Hall–Kier alpha value is -5.20. The summed E-state index contributed by atoms with van der Waals surface area (Å²) in [6.45, 7) is 8.75. The molecule has 0 aromatic heterocycles. The van der Waals surface area contributed by atoms with E-state index in [-0.39, 0.29) is 35.7 Å². The van der Waals surface area contributed by atoms with E-state index < -0.39 is 66.5 Å². The van der Waals surface area contributed by atoms with E-state index in [4.69, 9.17) is 24.1 Å². The van der Waals surface area contributed by atoms with Gasteiger partial charge >= 0.3 is 18.2 Å². The number of imide groups is 1. The molecule has 3 rings (SSSR count). The quantitative estimate of drug-likeness (QED) is 0.356. The molecule has 4 amide bonds. The third-order valence-electron chi connectivity index (χ3n) is 6.22. The molecule has 252 valence electrons. The van der Waals surface area contributed by atoms with E-state index in [1.165, 1.54) is 35.2 Å². The zero-order chi connectivity index (χ0) is 35.1. The number of nitriles is 1. The predicted octanol–water partition coefficient (Wildman–Crippen LogP) is 3.43. The molecule has 47 heavy (non-hydrogen) atoms. The van der Waals surface area contributed by atoms with Gasteiger partial charge in [-0.15, -0.1) is 0 Å². The number of carboxylic acids is 1. The molecule has 2 aromatic rings. The third-order valence-corrected chi connectivity index (χ3v) is 6.22. The van der Waals surface area contributed by atoms with Crippen molar-refractivity contribution in [1.29, 1.82) is 5.26 Å². The van der Waals surface area contributed by atoms with Crippen LogP contribution in [-0.2, 0) is 35.1 Å². The van der Waals surface area contributed by atoms with Gasteiger partial charge in [-0.3, -0.25) is 9.59 Å². The van der Waals surface area contributed by atoms with Gasteiger partial charge in [0.1, 0.15) is 17.0 Å². The number of carbonyl (C=O) groups excluding carboxylic acids is 4. The molecule has 0 spiro atoms. The first kappa shape index (κ1) is 36.3. The number of morpholine rings is 1. The molecule has 2 aromatic carbocycles. The first-order chi connectivity index (χ1) is 21.9. The lowest BCUT2D eigenvalue weighted by atomic mass is 10.1. The maximum atomic E-state index is 13.3. The molecule has 0 aliphatic carbocycles. The number of aliphatic carboxylic acids is 1. The number of amides is 4.